The summed E-state index contributed by atoms with van der Waals surface area (Å²) in [4.78, 5) is 11.9. The molecule has 0 aromatic carbocycles. The van der Waals surface area contributed by atoms with Gasteiger partial charge in [0.2, 0.25) is 5.91 Å². The number of H-pyrrole nitrogens is 1. The summed E-state index contributed by atoms with van der Waals surface area (Å²) in [6, 6.07) is 0. The van der Waals surface area contributed by atoms with Crippen LogP contribution in [-0.2, 0) is 4.79 Å². The second kappa shape index (κ2) is 4.44. The number of carbonyl (C=O) groups is 1. The van der Waals surface area contributed by atoms with Crippen LogP contribution in [0.4, 0.5) is 5.82 Å². The van der Waals surface area contributed by atoms with E-state index in [0.717, 1.165) is 5.56 Å². The Morgan fingerprint density at radius 3 is 2.60 bits per heavy atom. The third-order valence-corrected chi connectivity index (χ3v) is 2.78. The van der Waals surface area contributed by atoms with E-state index < -0.39 is 5.54 Å². The lowest BCUT2D eigenvalue weighted by molar-refractivity contribution is -0.121. The smallest absolute Gasteiger partial charge is 0.245 e. The fourth-order valence-corrected chi connectivity index (χ4v) is 1.28. The van der Waals surface area contributed by atoms with E-state index in [-0.39, 0.29) is 5.91 Å². The highest BCUT2D eigenvalue weighted by molar-refractivity contribution is 5.97. The van der Waals surface area contributed by atoms with Crippen molar-refractivity contribution in [3.63, 3.8) is 0 Å². The van der Waals surface area contributed by atoms with Crippen LogP contribution in [0.5, 0.6) is 0 Å². The van der Waals surface area contributed by atoms with E-state index in [1.54, 1.807) is 6.20 Å². The minimum absolute atomic E-state index is 0.167. The van der Waals surface area contributed by atoms with Crippen molar-refractivity contribution in [1.82, 2.24) is 10.2 Å². The molecule has 0 spiro atoms. The van der Waals surface area contributed by atoms with E-state index in [1.807, 2.05) is 20.8 Å². The first-order valence-electron chi connectivity index (χ1n) is 5.13. The summed E-state index contributed by atoms with van der Waals surface area (Å²) >= 11 is 0. The van der Waals surface area contributed by atoms with Gasteiger partial charge < -0.3 is 11.1 Å². The van der Waals surface area contributed by atoms with Gasteiger partial charge in [-0.2, -0.15) is 5.10 Å². The van der Waals surface area contributed by atoms with Gasteiger partial charge in [-0.25, -0.2) is 0 Å². The summed E-state index contributed by atoms with van der Waals surface area (Å²) in [6.07, 6.45) is 2.89. The first kappa shape index (κ1) is 11.7. The lowest BCUT2D eigenvalue weighted by Gasteiger charge is -2.24. The zero-order valence-corrected chi connectivity index (χ0v) is 9.42. The molecule has 0 saturated heterocycles. The molecule has 15 heavy (non-hydrogen) atoms. The van der Waals surface area contributed by atoms with Crippen LogP contribution in [0.2, 0.25) is 0 Å². The van der Waals surface area contributed by atoms with Crippen LogP contribution in [0.3, 0.4) is 0 Å². The molecule has 0 unspecified atom stereocenters. The summed E-state index contributed by atoms with van der Waals surface area (Å²) in [5, 5.41) is 9.30. The Bertz CT molecular complexity index is 341. The molecule has 4 N–H and O–H groups in total. The molecule has 0 radical (unpaired) electrons. The predicted molar refractivity (Wildman–Crippen MR) is 59.5 cm³/mol. The zero-order chi connectivity index (χ0) is 11.5. The van der Waals surface area contributed by atoms with E-state index in [1.165, 1.54) is 0 Å². The molecular formula is C10H18N4O. The first-order valence-corrected chi connectivity index (χ1v) is 5.13. The van der Waals surface area contributed by atoms with Crippen LogP contribution in [0.1, 0.15) is 32.3 Å². The Labute approximate surface area is 89.4 Å². The summed E-state index contributed by atoms with van der Waals surface area (Å²) < 4.78 is 0. The number of carbonyl (C=O) groups excluding carboxylic acids is 1. The molecule has 1 rings (SSSR count). The number of aromatic nitrogens is 2. The van der Waals surface area contributed by atoms with Gasteiger partial charge in [-0.05, 0) is 19.8 Å². The largest absolute Gasteiger partial charge is 0.317 e. The van der Waals surface area contributed by atoms with Gasteiger partial charge in [0.25, 0.3) is 0 Å². The van der Waals surface area contributed by atoms with Gasteiger partial charge >= 0.3 is 0 Å². The lowest BCUT2D eigenvalue weighted by Crippen LogP contribution is -2.50. The normalized spacial score (nSPS) is 11.5. The van der Waals surface area contributed by atoms with Crippen molar-refractivity contribution in [2.45, 2.75) is 39.2 Å². The van der Waals surface area contributed by atoms with E-state index in [0.29, 0.717) is 18.7 Å². The average molecular weight is 210 g/mol. The molecule has 0 atom stereocenters. The highest BCUT2D eigenvalue weighted by Gasteiger charge is 2.30. The van der Waals surface area contributed by atoms with Crippen molar-refractivity contribution < 1.29 is 4.79 Å². The van der Waals surface area contributed by atoms with Gasteiger partial charge in [0.1, 0.15) is 5.82 Å². The Kier molecular flexibility index (Phi) is 3.47. The molecule has 0 aliphatic rings. The van der Waals surface area contributed by atoms with Gasteiger partial charge in [0.05, 0.1) is 11.7 Å². The van der Waals surface area contributed by atoms with Crippen molar-refractivity contribution in [1.29, 1.82) is 0 Å². The van der Waals surface area contributed by atoms with Gasteiger partial charge in [-0.15, -0.1) is 0 Å². The van der Waals surface area contributed by atoms with Gasteiger partial charge in [-0.3, -0.25) is 9.89 Å². The quantitative estimate of drug-likeness (QED) is 0.697. The second-order valence-electron chi connectivity index (χ2n) is 3.75. The van der Waals surface area contributed by atoms with Crippen molar-refractivity contribution in [3.05, 3.63) is 11.8 Å². The minimum atomic E-state index is -0.794. The maximum Gasteiger partial charge on any atom is 0.245 e. The summed E-state index contributed by atoms with van der Waals surface area (Å²) in [6.45, 7) is 5.68. The SMILES string of the molecule is CCC(N)(CC)C(=O)Nc1[nH]ncc1C. The molecule has 5 nitrogen and oxygen atoms in total. The van der Waals surface area contributed by atoms with Crippen LogP contribution in [-0.4, -0.2) is 21.6 Å². The number of aryl methyl sites for hydroxylation is 1. The Morgan fingerprint density at radius 1 is 1.60 bits per heavy atom. The molecule has 5 heteroatoms. The van der Waals surface area contributed by atoms with E-state index in [2.05, 4.69) is 15.5 Å². The molecule has 84 valence electrons. The molecule has 0 aliphatic heterocycles. The molecule has 1 heterocycles. The number of nitrogens with two attached hydrogens (primary N) is 1. The van der Waals surface area contributed by atoms with Crippen molar-refractivity contribution in [2.75, 3.05) is 5.32 Å². The summed E-state index contributed by atoms with van der Waals surface area (Å²) in [7, 11) is 0. The Hall–Kier alpha value is -1.36. The van der Waals surface area contributed by atoms with Crippen LogP contribution in [0.25, 0.3) is 0 Å². The van der Waals surface area contributed by atoms with Crippen LogP contribution >= 0.6 is 0 Å². The fraction of sp³-hybridized carbons (Fsp3) is 0.600. The maximum absolute atomic E-state index is 11.9. The third kappa shape index (κ3) is 2.36. The van der Waals surface area contributed by atoms with Crippen LogP contribution in [0, 0.1) is 6.92 Å². The van der Waals surface area contributed by atoms with Gasteiger partial charge in [0.15, 0.2) is 0 Å². The Balaban J connectivity index is 2.75. The molecule has 0 saturated carbocycles. The number of aromatic amines is 1. The standard InChI is InChI=1S/C10H18N4O/c1-4-10(11,5-2)9(15)13-8-7(3)6-12-14-8/h6H,4-5,11H2,1-3H3,(H2,12,13,14,15). The number of hydrogen-bond donors (Lipinski definition) is 3. The third-order valence-electron chi connectivity index (χ3n) is 2.78. The topological polar surface area (TPSA) is 83.8 Å². The van der Waals surface area contributed by atoms with Crippen LogP contribution in [0.15, 0.2) is 6.20 Å². The number of rotatable bonds is 4. The highest BCUT2D eigenvalue weighted by Crippen LogP contribution is 2.16. The first-order chi connectivity index (χ1) is 7.03. The molecular weight excluding hydrogens is 192 g/mol. The maximum atomic E-state index is 11.9. The minimum Gasteiger partial charge on any atom is -0.317 e. The van der Waals surface area contributed by atoms with E-state index in [9.17, 15) is 4.79 Å². The summed E-state index contributed by atoms with van der Waals surface area (Å²) in [5.74, 6) is 0.455. The molecule has 1 aromatic heterocycles. The molecule has 0 fully saturated rings. The average Bonchev–Trinajstić information content (AvgIpc) is 2.63. The monoisotopic (exact) mass is 210 g/mol. The van der Waals surface area contributed by atoms with Crippen molar-refractivity contribution in [2.24, 2.45) is 5.73 Å². The number of hydrogen-bond acceptors (Lipinski definition) is 3. The van der Waals surface area contributed by atoms with Crippen LogP contribution < -0.4 is 11.1 Å². The van der Waals surface area contributed by atoms with Gasteiger partial charge in [-0.1, -0.05) is 13.8 Å². The highest BCUT2D eigenvalue weighted by atomic mass is 16.2. The fourth-order valence-electron chi connectivity index (χ4n) is 1.28. The number of nitrogens with one attached hydrogen (secondary N) is 2. The lowest BCUT2D eigenvalue weighted by atomic mass is 9.93. The predicted octanol–water partition coefficient (Wildman–Crippen LogP) is 1.17. The van der Waals surface area contributed by atoms with Gasteiger partial charge in [0, 0.05) is 5.56 Å². The molecule has 1 aromatic rings. The Morgan fingerprint density at radius 2 is 2.20 bits per heavy atom. The zero-order valence-electron chi connectivity index (χ0n) is 9.42. The second-order valence-corrected chi connectivity index (χ2v) is 3.75. The number of nitrogens with zero attached hydrogens (tertiary/aromatic N) is 1. The molecule has 0 aliphatic carbocycles. The van der Waals surface area contributed by atoms with Crippen molar-refractivity contribution in [3.8, 4) is 0 Å². The molecule has 0 bridgehead atoms. The van der Waals surface area contributed by atoms with Crippen molar-refractivity contribution >= 4 is 11.7 Å². The number of amides is 1. The summed E-state index contributed by atoms with van der Waals surface area (Å²) in [5.41, 5.74) is 6.07. The van der Waals surface area contributed by atoms with E-state index >= 15 is 0 Å². The van der Waals surface area contributed by atoms with E-state index in [4.69, 9.17) is 5.73 Å². The molecule has 1 amide bonds. The number of anilines is 1.